The topological polar surface area (TPSA) is 75.3 Å². The number of sulfonamides is 1. The van der Waals surface area contributed by atoms with Crippen LogP contribution in [-0.2, 0) is 27.4 Å². The summed E-state index contributed by atoms with van der Waals surface area (Å²) in [4.78, 5) is 10.8. The number of rotatable bonds is 7. The third-order valence-electron chi connectivity index (χ3n) is 3.48. The quantitative estimate of drug-likeness (QED) is 0.767. The lowest BCUT2D eigenvalue weighted by molar-refractivity contribution is -0.139. The maximum absolute atomic E-state index is 12.9. The van der Waals surface area contributed by atoms with Crippen molar-refractivity contribution in [2.45, 2.75) is 17.5 Å². The predicted octanol–water partition coefficient (Wildman–Crippen LogP) is 2.34. The van der Waals surface area contributed by atoms with Crippen molar-refractivity contribution in [2.75, 3.05) is 13.1 Å². The van der Waals surface area contributed by atoms with E-state index >= 15 is 0 Å². The normalized spacial score (nSPS) is 12.0. The highest BCUT2D eigenvalue weighted by molar-refractivity contribution is 7.89. The zero-order valence-corrected chi connectivity index (χ0v) is 14.4. The lowest BCUT2D eigenvalue weighted by Gasteiger charge is -2.13. The van der Waals surface area contributed by atoms with E-state index in [0.29, 0.717) is 12.5 Å². The van der Waals surface area contributed by atoms with Gasteiger partial charge in [0.25, 0.3) is 0 Å². The Hall–Kier alpha value is -2.39. The van der Waals surface area contributed by atoms with Gasteiger partial charge in [-0.2, -0.15) is 13.2 Å². The highest BCUT2D eigenvalue weighted by Gasteiger charge is 2.36. The molecule has 0 heterocycles. The Morgan fingerprint density at radius 3 is 2.23 bits per heavy atom. The average Bonchev–Trinajstić information content (AvgIpc) is 2.60. The number of halogens is 3. The summed E-state index contributed by atoms with van der Waals surface area (Å²) in [5.41, 5.74) is -0.288. The third-order valence-corrected chi connectivity index (χ3v) is 4.94. The lowest BCUT2D eigenvalue weighted by atomic mass is 10.1. The second kappa shape index (κ2) is 8.33. The number of carbonyl (C=O) groups is 1. The molecule has 0 spiro atoms. The van der Waals surface area contributed by atoms with Crippen LogP contribution < -0.4 is 10.0 Å². The molecule has 0 fully saturated rings. The number of nitrogens with one attached hydrogen (secondary N) is 2. The van der Waals surface area contributed by atoms with Gasteiger partial charge in [0.15, 0.2) is 0 Å². The minimum absolute atomic E-state index is 0.281. The molecule has 1 amide bonds. The highest BCUT2D eigenvalue weighted by Crippen LogP contribution is 2.33. The first-order chi connectivity index (χ1) is 12.2. The fraction of sp³-hybridized carbons (Fsp3) is 0.235. The van der Waals surface area contributed by atoms with Gasteiger partial charge in [0.05, 0.1) is 17.0 Å². The van der Waals surface area contributed by atoms with Crippen molar-refractivity contribution in [2.24, 2.45) is 0 Å². The van der Waals surface area contributed by atoms with E-state index in [1.54, 1.807) is 0 Å². The van der Waals surface area contributed by atoms with Crippen LogP contribution in [0, 0.1) is 0 Å². The summed E-state index contributed by atoms with van der Waals surface area (Å²) in [6.45, 7) is -0.368. The van der Waals surface area contributed by atoms with Crippen LogP contribution in [0.2, 0.25) is 0 Å². The predicted molar refractivity (Wildman–Crippen MR) is 89.8 cm³/mol. The van der Waals surface area contributed by atoms with E-state index in [2.05, 4.69) is 5.32 Å². The second-order valence-electron chi connectivity index (χ2n) is 5.40. The standard InChI is InChI=1S/C17H17F3N2O3S/c18-17(19,20)14-8-4-5-9-15(14)26(24,25)22-12-16(23)21-11-10-13-6-2-1-3-7-13/h1-9,22H,10-12H2,(H,21,23). The van der Waals surface area contributed by atoms with Crippen molar-refractivity contribution in [3.63, 3.8) is 0 Å². The Kier molecular flexibility index (Phi) is 6.38. The van der Waals surface area contributed by atoms with Crippen molar-refractivity contribution in [1.82, 2.24) is 10.0 Å². The van der Waals surface area contributed by atoms with Gasteiger partial charge in [-0.1, -0.05) is 42.5 Å². The summed E-state index contributed by atoms with van der Waals surface area (Å²) in [6.07, 6.45) is -4.26. The monoisotopic (exact) mass is 386 g/mol. The maximum Gasteiger partial charge on any atom is 0.417 e. The molecule has 2 N–H and O–H groups in total. The Morgan fingerprint density at radius 1 is 0.962 bits per heavy atom. The van der Waals surface area contributed by atoms with Gasteiger partial charge in [-0.3, -0.25) is 4.79 Å². The molecule has 0 radical (unpaired) electrons. The zero-order valence-electron chi connectivity index (χ0n) is 13.6. The minimum Gasteiger partial charge on any atom is -0.355 e. The van der Waals surface area contributed by atoms with Gasteiger partial charge in [-0.25, -0.2) is 13.1 Å². The number of carbonyl (C=O) groups excluding carboxylic acids is 1. The molecule has 0 saturated carbocycles. The number of benzene rings is 2. The number of hydrogen-bond acceptors (Lipinski definition) is 3. The summed E-state index contributed by atoms with van der Waals surface area (Å²) >= 11 is 0. The molecule has 0 atom stereocenters. The van der Waals surface area contributed by atoms with E-state index in [1.807, 2.05) is 35.1 Å². The summed E-state index contributed by atoms with van der Waals surface area (Å²) in [7, 11) is -4.48. The van der Waals surface area contributed by atoms with Crippen LogP contribution in [0.3, 0.4) is 0 Å². The maximum atomic E-state index is 12.9. The van der Waals surface area contributed by atoms with Crippen molar-refractivity contribution in [3.05, 3.63) is 65.7 Å². The molecule has 2 aromatic carbocycles. The first-order valence-electron chi connectivity index (χ1n) is 7.66. The highest BCUT2D eigenvalue weighted by atomic mass is 32.2. The molecule has 0 aliphatic carbocycles. The molecule has 5 nitrogen and oxygen atoms in total. The van der Waals surface area contributed by atoms with Gasteiger partial charge in [-0.15, -0.1) is 0 Å². The van der Waals surface area contributed by atoms with Crippen LogP contribution >= 0.6 is 0 Å². The molecule has 26 heavy (non-hydrogen) atoms. The zero-order chi connectivity index (χ0) is 19.2. The summed E-state index contributed by atoms with van der Waals surface area (Å²) in [5.74, 6) is -0.631. The fourth-order valence-electron chi connectivity index (χ4n) is 2.23. The van der Waals surface area contributed by atoms with E-state index in [0.717, 1.165) is 17.7 Å². The Labute approximate surface area is 149 Å². The van der Waals surface area contributed by atoms with Crippen molar-refractivity contribution < 1.29 is 26.4 Å². The number of alkyl halides is 3. The molecule has 0 aliphatic rings. The van der Waals surface area contributed by atoms with Crippen molar-refractivity contribution >= 4 is 15.9 Å². The van der Waals surface area contributed by atoms with Crippen molar-refractivity contribution in [1.29, 1.82) is 0 Å². The van der Waals surface area contributed by atoms with Crippen LogP contribution in [0.1, 0.15) is 11.1 Å². The molecular formula is C17H17F3N2O3S. The van der Waals surface area contributed by atoms with Crippen LogP contribution in [0.4, 0.5) is 13.2 Å². The second-order valence-corrected chi connectivity index (χ2v) is 7.14. The Bertz CT molecular complexity index is 853. The summed E-state index contributed by atoms with van der Waals surface area (Å²) in [5, 5.41) is 2.51. The molecule has 0 unspecified atom stereocenters. The van der Waals surface area contributed by atoms with Crippen LogP contribution in [0.15, 0.2) is 59.5 Å². The molecule has 0 aromatic heterocycles. The Balaban J connectivity index is 1.93. The lowest BCUT2D eigenvalue weighted by Crippen LogP contribution is -2.38. The van der Waals surface area contributed by atoms with Gasteiger partial charge in [0.2, 0.25) is 15.9 Å². The molecule has 140 valence electrons. The smallest absolute Gasteiger partial charge is 0.355 e. The van der Waals surface area contributed by atoms with E-state index < -0.39 is 39.1 Å². The van der Waals surface area contributed by atoms with Gasteiger partial charge >= 0.3 is 6.18 Å². The minimum atomic E-state index is -4.82. The van der Waals surface area contributed by atoms with Crippen molar-refractivity contribution in [3.8, 4) is 0 Å². The van der Waals surface area contributed by atoms with E-state index in [4.69, 9.17) is 0 Å². The van der Waals surface area contributed by atoms with Crippen LogP contribution in [0.25, 0.3) is 0 Å². The SMILES string of the molecule is O=C(CNS(=O)(=O)c1ccccc1C(F)(F)F)NCCc1ccccc1. The average molecular weight is 386 g/mol. The Morgan fingerprint density at radius 2 is 1.58 bits per heavy atom. The van der Waals surface area contributed by atoms with Crippen LogP contribution in [-0.4, -0.2) is 27.4 Å². The fourth-order valence-corrected chi connectivity index (χ4v) is 3.43. The third kappa shape index (κ3) is 5.57. The van der Waals surface area contributed by atoms with Gasteiger partial charge < -0.3 is 5.32 Å². The molecular weight excluding hydrogens is 369 g/mol. The van der Waals surface area contributed by atoms with Crippen LogP contribution in [0.5, 0.6) is 0 Å². The summed E-state index contributed by atoms with van der Waals surface area (Å²) < 4.78 is 64.9. The molecule has 2 aromatic rings. The van der Waals surface area contributed by atoms with E-state index in [-0.39, 0.29) is 6.54 Å². The van der Waals surface area contributed by atoms with Gasteiger partial charge in [0, 0.05) is 6.54 Å². The molecule has 2 rings (SSSR count). The molecule has 0 saturated heterocycles. The van der Waals surface area contributed by atoms with E-state index in [1.165, 1.54) is 6.07 Å². The molecule has 9 heteroatoms. The van der Waals surface area contributed by atoms with E-state index in [9.17, 15) is 26.4 Å². The molecule has 0 bridgehead atoms. The first-order valence-corrected chi connectivity index (χ1v) is 9.15. The van der Waals surface area contributed by atoms with Gasteiger partial charge in [-0.05, 0) is 24.1 Å². The largest absolute Gasteiger partial charge is 0.417 e. The number of amides is 1. The first kappa shape index (κ1) is 19.9. The van der Waals surface area contributed by atoms with Gasteiger partial charge in [0.1, 0.15) is 0 Å². The summed E-state index contributed by atoms with van der Waals surface area (Å²) in [6, 6.07) is 13.1. The number of hydrogen-bond donors (Lipinski definition) is 2. The molecule has 0 aliphatic heterocycles.